The number of amides is 2. The molecular weight excluding hydrogens is 378 g/mol. The van der Waals surface area contributed by atoms with Gasteiger partial charge in [0.2, 0.25) is 11.8 Å². The van der Waals surface area contributed by atoms with E-state index in [2.05, 4.69) is 0 Å². The number of hydrogen-bond donors (Lipinski definition) is 0. The van der Waals surface area contributed by atoms with E-state index in [0.717, 1.165) is 31.2 Å². The van der Waals surface area contributed by atoms with E-state index in [1.807, 2.05) is 0 Å². The molecule has 144 valence electrons. The Morgan fingerprint density at radius 1 is 0.929 bits per heavy atom. The number of anilines is 1. The molecule has 2 atom stereocenters. The van der Waals surface area contributed by atoms with Gasteiger partial charge in [-0.3, -0.25) is 19.3 Å². The van der Waals surface area contributed by atoms with Crippen LogP contribution in [-0.4, -0.2) is 17.8 Å². The van der Waals surface area contributed by atoms with Gasteiger partial charge in [-0.05, 0) is 54.8 Å². The minimum atomic E-state index is -0.394. The van der Waals surface area contributed by atoms with E-state index in [1.54, 1.807) is 48.5 Å². The molecule has 0 spiro atoms. The summed E-state index contributed by atoms with van der Waals surface area (Å²) in [5.74, 6) is -0.603. The van der Waals surface area contributed by atoms with Gasteiger partial charge in [0.05, 0.1) is 23.9 Å². The fourth-order valence-electron chi connectivity index (χ4n) is 4.02. The lowest BCUT2D eigenvalue weighted by molar-refractivity contribution is -0.133. The minimum absolute atomic E-state index is 0.109. The Hall–Kier alpha value is -2.66. The monoisotopic (exact) mass is 397 g/mol. The molecule has 2 aromatic rings. The van der Waals surface area contributed by atoms with Crippen LogP contribution in [0.15, 0.2) is 48.5 Å². The summed E-state index contributed by atoms with van der Waals surface area (Å²) in [6.07, 6.45) is 3.69. The van der Waals surface area contributed by atoms with Crippen LogP contribution in [-0.2, 0) is 20.8 Å². The van der Waals surface area contributed by atoms with Crippen LogP contribution in [0, 0.1) is 11.8 Å². The highest BCUT2D eigenvalue weighted by Crippen LogP contribution is 2.40. The van der Waals surface area contributed by atoms with Gasteiger partial charge in [-0.15, -0.1) is 0 Å². The summed E-state index contributed by atoms with van der Waals surface area (Å²) in [6.45, 7) is 0. The zero-order valence-electron chi connectivity index (χ0n) is 15.3. The third-order valence-corrected chi connectivity index (χ3v) is 5.68. The smallest absolute Gasteiger partial charge is 0.315 e. The van der Waals surface area contributed by atoms with E-state index in [9.17, 15) is 14.4 Å². The lowest BCUT2D eigenvalue weighted by Gasteiger charge is -2.19. The number of hydrogen-bond acceptors (Lipinski definition) is 4. The van der Waals surface area contributed by atoms with E-state index in [1.165, 1.54) is 4.90 Å². The first-order chi connectivity index (χ1) is 13.5. The minimum Gasteiger partial charge on any atom is -0.426 e. The summed E-state index contributed by atoms with van der Waals surface area (Å²) < 4.78 is 5.35. The number of imide groups is 1. The average Bonchev–Trinajstić information content (AvgIpc) is 2.95. The Kier molecular flexibility index (Phi) is 5.18. The molecule has 1 saturated carbocycles. The van der Waals surface area contributed by atoms with Crippen LogP contribution in [0.4, 0.5) is 5.69 Å². The highest BCUT2D eigenvalue weighted by atomic mass is 35.5. The molecule has 2 unspecified atom stereocenters. The maximum absolute atomic E-state index is 12.7. The van der Waals surface area contributed by atoms with Crippen LogP contribution in [0.5, 0.6) is 5.75 Å². The van der Waals surface area contributed by atoms with E-state index in [-0.39, 0.29) is 30.1 Å². The largest absolute Gasteiger partial charge is 0.426 e. The molecule has 0 radical (unpaired) electrons. The summed E-state index contributed by atoms with van der Waals surface area (Å²) in [7, 11) is 0. The van der Waals surface area contributed by atoms with Gasteiger partial charge < -0.3 is 4.74 Å². The number of carbonyl (C=O) groups is 3. The second kappa shape index (κ2) is 7.76. The van der Waals surface area contributed by atoms with Crippen molar-refractivity contribution in [2.45, 2.75) is 32.1 Å². The van der Waals surface area contributed by atoms with Crippen LogP contribution < -0.4 is 9.64 Å². The van der Waals surface area contributed by atoms with E-state index in [4.69, 9.17) is 16.3 Å². The van der Waals surface area contributed by atoms with Gasteiger partial charge in [0.1, 0.15) is 5.75 Å². The van der Waals surface area contributed by atoms with Crippen molar-refractivity contribution in [3.05, 3.63) is 59.1 Å². The Morgan fingerprint density at radius 3 is 2.07 bits per heavy atom. The molecule has 2 amide bonds. The predicted octanol–water partition coefficient (Wildman–Crippen LogP) is 4.17. The number of ether oxygens (including phenoxy) is 1. The van der Waals surface area contributed by atoms with Crippen LogP contribution >= 0.6 is 11.6 Å². The Bertz CT molecular complexity index is 883. The van der Waals surface area contributed by atoms with Crippen molar-refractivity contribution in [3.63, 3.8) is 0 Å². The summed E-state index contributed by atoms with van der Waals surface area (Å²) in [5.41, 5.74) is 1.34. The average molecular weight is 398 g/mol. The third-order valence-electron chi connectivity index (χ3n) is 5.43. The van der Waals surface area contributed by atoms with Crippen molar-refractivity contribution in [3.8, 4) is 5.75 Å². The third kappa shape index (κ3) is 3.67. The van der Waals surface area contributed by atoms with Crippen LogP contribution in [0.1, 0.15) is 31.2 Å². The van der Waals surface area contributed by atoms with Crippen molar-refractivity contribution in [2.24, 2.45) is 11.8 Å². The molecule has 1 saturated heterocycles. The highest BCUT2D eigenvalue weighted by molar-refractivity contribution is 6.30. The predicted molar refractivity (Wildman–Crippen MR) is 105 cm³/mol. The van der Waals surface area contributed by atoms with Crippen LogP contribution in [0.3, 0.4) is 0 Å². The van der Waals surface area contributed by atoms with Gasteiger partial charge in [0, 0.05) is 5.02 Å². The Balaban J connectivity index is 1.42. The molecule has 1 heterocycles. The second-order valence-electron chi connectivity index (χ2n) is 7.28. The molecule has 1 aliphatic heterocycles. The molecule has 5 nitrogen and oxygen atoms in total. The normalized spacial score (nSPS) is 21.5. The molecule has 0 aromatic heterocycles. The molecule has 28 heavy (non-hydrogen) atoms. The van der Waals surface area contributed by atoms with Gasteiger partial charge in [0.25, 0.3) is 0 Å². The van der Waals surface area contributed by atoms with E-state index < -0.39 is 5.97 Å². The summed E-state index contributed by atoms with van der Waals surface area (Å²) in [5, 5.41) is 0.610. The highest BCUT2D eigenvalue weighted by Gasteiger charge is 2.48. The number of carbonyl (C=O) groups excluding carboxylic acids is 3. The van der Waals surface area contributed by atoms with Crippen molar-refractivity contribution in [2.75, 3.05) is 4.90 Å². The molecule has 2 aliphatic rings. The number of halogens is 1. The lowest BCUT2D eigenvalue weighted by Crippen LogP contribution is -2.30. The lowest BCUT2D eigenvalue weighted by atomic mass is 9.81. The maximum Gasteiger partial charge on any atom is 0.315 e. The van der Waals surface area contributed by atoms with Gasteiger partial charge in [-0.1, -0.05) is 36.6 Å². The van der Waals surface area contributed by atoms with Crippen LogP contribution in [0.2, 0.25) is 5.02 Å². The molecule has 6 heteroatoms. The molecule has 2 aromatic carbocycles. The quantitative estimate of drug-likeness (QED) is 0.441. The topological polar surface area (TPSA) is 63.7 Å². The zero-order valence-corrected chi connectivity index (χ0v) is 16.0. The molecule has 0 bridgehead atoms. The van der Waals surface area contributed by atoms with Crippen molar-refractivity contribution >= 4 is 35.1 Å². The van der Waals surface area contributed by atoms with Gasteiger partial charge in [0.15, 0.2) is 0 Å². The van der Waals surface area contributed by atoms with E-state index in [0.29, 0.717) is 16.5 Å². The van der Waals surface area contributed by atoms with Crippen molar-refractivity contribution in [1.29, 1.82) is 0 Å². The SMILES string of the molecule is O=C(Cc1ccc(Cl)cc1)Oc1ccc(N2C(=O)C3CCCCC3C2=O)cc1. The molecular formula is C22H20ClNO4. The molecule has 1 aliphatic carbocycles. The first-order valence-corrected chi connectivity index (χ1v) is 9.84. The first kappa shape index (κ1) is 18.7. The number of nitrogens with zero attached hydrogens (tertiary/aromatic N) is 1. The summed E-state index contributed by atoms with van der Waals surface area (Å²) in [6, 6.07) is 13.5. The second-order valence-corrected chi connectivity index (χ2v) is 7.72. The summed E-state index contributed by atoms with van der Waals surface area (Å²) in [4.78, 5) is 38.7. The summed E-state index contributed by atoms with van der Waals surface area (Å²) >= 11 is 5.84. The van der Waals surface area contributed by atoms with Crippen molar-refractivity contribution < 1.29 is 19.1 Å². The number of fused-ring (bicyclic) bond motifs is 1. The zero-order chi connectivity index (χ0) is 19.7. The number of esters is 1. The maximum atomic E-state index is 12.7. The molecule has 2 fully saturated rings. The van der Waals surface area contributed by atoms with Gasteiger partial charge >= 0.3 is 5.97 Å². The van der Waals surface area contributed by atoms with Crippen LogP contribution in [0.25, 0.3) is 0 Å². The molecule has 0 N–H and O–H groups in total. The van der Waals surface area contributed by atoms with Crippen molar-refractivity contribution in [1.82, 2.24) is 0 Å². The standard InChI is InChI=1S/C22H20ClNO4/c23-15-7-5-14(6-8-15)13-20(25)28-17-11-9-16(10-12-17)24-21(26)18-3-1-2-4-19(18)22(24)27/h5-12,18-19H,1-4,13H2. The Morgan fingerprint density at radius 2 is 1.50 bits per heavy atom. The number of rotatable bonds is 4. The Labute approximate surface area is 168 Å². The van der Waals surface area contributed by atoms with Gasteiger partial charge in [-0.2, -0.15) is 0 Å². The fraction of sp³-hybridized carbons (Fsp3) is 0.318. The van der Waals surface area contributed by atoms with Gasteiger partial charge in [-0.25, -0.2) is 0 Å². The number of benzene rings is 2. The van der Waals surface area contributed by atoms with E-state index >= 15 is 0 Å². The fourth-order valence-corrected chi connectivity index (χ4v) is 4.14. The molecule has 4 rings (SSSR count). The first-order valence-electron chi connectivity index (χ1n) is 9.46.